The Labute approximate surface area is 218 Å². The summed E-state index contributed by atoms with van der Waals surface area (Å²) in [5, 5.41) is 1.10. The summed E-state index contributed by atoms with van der Waals surface area (Å²) in [4.78, 5) is 32.6. The van der Waals surface area contributed by atoms with Crippen LogP contribution < -0.4 is 10.3 Å². The first kappa shape index (κ1) is 25.0. The van der Waals surface area contributed by atoms with Gasteiger partial charge in [-0.3, -0.25) is 14.3 Å². The van der Waals surface area contributed by atoms with Crippen LogP contribution in [-0.2, 0) is 24.3 Å². The highest BCUT2D eigenvalue weighted by atomic mass is 32.1. The number of benzene rings is 1. The molecule has 9 heteroatoms. The molecular weight excluding hydrogens is 493 g/mol. The van der Waals surface area contributed by atoms with Crippen molar-refractivity contribution < 1.29 is 18.7 Å². The van der Waals surface area contributed by atoms with Crippen LogP contribution in [0.25, 0.3) is 15.8 Å². The second kappa shape index (κ2) is 9.97. The molecule has 1 aromatic carbocycles. The van der Waals surface area contributed by atoms with Gasteiger partial charge >= 0.3 is 6.09 Å². The van der Waals surface area contributed by atoms with Gasteiger partial charge in [0, 0.05) is 28.4 Å². The van der Waals surface area contributed by atoms with E-state index in [4.69, 9.17) is 9.47 Å². The predicted octanol–water partition coefficient (Wildman–Crippen LogP) is 5.85. The molecule has 1 aliphatic rings. The van der Waals surface area contributed by atoms with Crippen LogP contribution in [0.3, 0.4) is 0 Å². The molecule has 0 radical (unpaired) electrons. The molecule has 0 fully saturated rings. The zero-order valence-corrected chi connectivity index (χ0v) is 21.8. The molecule has 0 spiro atoms. The average Bonchev–Trinajstić information content (AvgIpc) is 3.04. The molecule has 37 heavy (non-hydrogen) atoms. The van der Waals surface area contributed by atoms with E-state index in [1.165, 1.54) is 17.0 Å². The molecule has 0 saturated heterocycles. The van der Waals surface area contributed by atoms with Crippen LogP contribution in [0.15, 0.2) is 59.7 Å². The van der Waals surface area contributed by atoms with Crippen LogP contribution in [0.4, 0.5) is 9.18 Å². The Bertz CT molecular complexity index is 1500. The lowest BCUT2D eigenvalue weighted by atomic mass is 10.1. The molecule has 5 rings (SSSR count). The number of amides is 1. The van der Waals surface area contributed by atoms with Crippen molar-refractivity contribution in [2.75, 3.05) is 6.54 Å². The number of aryl methyl sites for hydroxylation is 1. The van der Waals surface area contributed by atoms with Crippen LogP contribution in [-0.4, -0.2) is 32.7 Å². The third-order valence-corrected chi connectivity index (χ3v) is 7.29. The van der Waals surface area contributed by atoms with Crippen LogP contribution in [0.1, 0.15) is 43.3 Å². The van der Waals surface area contributed by atoms with Crippen molar-refractivity contribution in [2.45, 2.75) is 52.4 Å². The van der Waals surface area contributed by atoms with Crippen molar-refractivity contribution in [3.8, 4) is 11.4 Å². The maximum absolute atomic E-state index is 13.0. The van der Waals surface area contributed by atoms with E-state index in [-0.39, 0.29) is 18.3 Å². The predicted molar refractivity (Wildman–Crippen MR) is 141 cm³/mol. The minimum atomic E-state index is -0.538. The Morgan fingerprint density at radius 1 is 1.16 bits per heavy atom. The fourth-order valence-corrected chi connectivity index (χ4v) is 5.60. The van der Waals surface area contributed by atoms with Crippen molar-refractivity contribution in [2.24, 2.45) is 0 Å². The number of halogens is 1. The van der Waals surface area contributed by atoms with Crippen molar-refractivity contribution >= 4 is 27.5 Å². The van der Waals surface area contributed by atoms with Crippen LogP contribution in [0, 0.1) is 5.82 Å². The lowest BCUT2D eigenvalue weighted by Gasteiger charge is -2.26. The summed E-state index contributed by atoms with van der Waals surface area (Å²) in [5.41, 5.74) is 1.71. The van der Waals surface area contributed by atoms with E-state index in [0.29, 0.717) is 24.5 Å². The second-order valence-electron chi connectivity index (χ2n) is 10.0. The van der Waals surface area contributed by atoms with Gasteiger partial charge in [0.1, 0.15) is 23.8 Å². The number of pyridine rings is 2. The number of carbonyl (C=O) groups excluding carboxylic acids is 1. The van der Waals surface area contributed by atoms with E-state index in [9.17, 15) is 14.0 Å². The van der Waals surface area contributed by atoms with Crippen LogP contribution in [0.5, 0.6) is 5.75 Å². The summed E-state index contributed by atoms with van der Waals surface area (Å²) in [6.45, 7) is 6.93. The molecule has 1 amide bonds. The fraction of sp³-hybridized carbons (Fsp3) is 0.321. The highest BCUT2D eigenvalue weighted by Gasteiger charge is 2.26. The zero-order chi connectivity index (χ0) is 26.2. The minimum Gasteiger partial charge on any atom is -0.487 e. The largest absolute Gasteiger partial charge is 0.487 e. The number of nitrogens with zero attached hydrogens (tertiary/aromatic N) is 3. The maximum Gasteiger partial charge on any atom is 0.410 e. The van der Waals surface area contributed by atoms with Crippen molar-refractivity contribution in [1.82, 2.24) is 14.5 Å². The van der Waals surface area contributed by atoms with Crippen molar-refractivity contribution in [3.05, 3.63) is 87.2 Å². The van der Waals surface area contributed by atoms with Gasteiger partial charge in [-0.15, -0.1) is 11.3 Å². The Hall–Kier alpha value is -3.72. The Kier molecular flexibility index (Phi) is 6.72. The lowest BCUT2D eigenvalue weighted by molar-refractivity contribution is 0.0237. The van der Waals surface area contributed by atoms with Crippen molar-refractivity contribution in [3.63, 3.8) is 0 Å². The van der Waals surface area contributed by atoms with Gasteiger partial charge in [0.25, 0.3) is 5.56 Å². The first-order chi connectivity index (χ1) is 17.7. The highest BCUT2D eigenvalue weighted by molar-refractivity contribution is 7.19. The first-order valence-corrected chi connectivity index (χ1v) is 13.0. The third kappa shape index (κ3) is 5.67. The summed E-state index contributed by atoms with van der Waals surface area (Å²) in [7, 11) is 0. The topological polar surface area (TPSA) is 73.7 Å². The monoisotopic (exact) mass is 521 g/mol. The van der Waals surface area contributed by atoms with Gasteiger partial charge in [-0.2, -0.15) is 0 Å². The van der Waals surface area contributed by atoms with Crippen LogP contribution >= 0.6 is 11.3 Å². The molecule has 1 aliphatic heterocycles. The maximum atomic E-state index is 13.0. The van der Waals surface area contributed by atoms with E-state index in [2.05, 4.69) is 4.98 Å². The van der Waals surface area contributed by atoms with E-state index in [1.807, 2.05) is 39.0 Å². The second-order valence-corrected chi connectivity index (χ2v) is 11.2. The van der Waals surface area contributed by atoms with E-state index in [0.717, 1.165) is 40.4 Å². The molecule has 0 bridgehead atoms. The molecule has 4 aromatic rings. The quantitative estimate of drug-likeness (QED) is 0.337. The van der Waals surface area contributed by atoms with E-state index >= 15 is 0 Å². The fourth-order valence-electron chi connectivity index (χ4n) is 4.31. The summed E-state index contributed by atoms with van der Waals surface area (Å²) in [6.07, 6.45) is 4.30. The number of ether oxygens (including phenoxy) is 2. The van der Waals surface area contributed by atoms with E-state index in [1.54, 1.807) is 39.1 Å². The number of carbonyl (C=O) groups is 1. The molecule has 0 aliphatic carbocycles. The van der Waals surface area contributed by atoms with Gasteiger partial charge in [-0.1, -0.05) is 6.07 Å². The SMILES string of the molecule is CC(C)(C)OC(=O)N1CCCc2sc3cc(-n4ccc(OCc5ccc(F)cn5)cc4=O)ccc3c2C1. The van der Waals surface area contributed by atoms with Gasteiger partial charge in [-0.25, -0.2) is 9.18 Å². The number of fused-ring (bicyclic) bond motifs is 3. The van der Waals surface area contributed by atoms with Gasteiger partial charge in [0.2, 0.25) is 0 Å². The number of aromatic nitrogens is 2. The molecule has 0 N–H and O–H groups in total. The summed E-state index contributed by atoms with van der Waals surface area (Å²) in [6, 6.07) is 12.0. The van der Waals surface area contributed by atoms with Gasteiger partial charge in [0.15, 0.2) is 0 Å². The van der Waals surface area contributed by atoms with Crippen LogP contribution in [0.2, 0.25) is 0 Å². The molecule has 0 saturated carbocycles. The summed E-state index contributed by atoms with van der Waals surface area (Å²) >= 11 is 1.71. The highest BCUT2D eigenvalue weighted by Crippen LogP contribution is 2.36. The normalized spacial score (nSPS) is 13.8. The van der Waals surface area contributed by atoms with Gasteiger partial charge in [0.05, 0.1) is 24.1 Å². The van der Waals surface area contributed by atoms with E-state index < -0.39 is 11.4 Å². The number of rotatable bonds is 4. The molecule has 7 nitrogen and oxygen atoms in total. The lowest BCUT2D eigenvalue weighted by Crippen LogP contribution is -2.36. The minimum absolute atomic E-state index is 0.136. The third-order valence-electron chi connectivity index (χ3n) is 6.04. The molecule has 192 valence electrons. The summed E-state index contributed by atoms with van der Waals surface area (Å²) in [5.74, 6) is 0.00403. The molecule has 0 unspecified atom stereocenters. The number of thiophene rings is 1. The Balaban J connectivity index is 1.36. The molecule has 0 atom stereocenters. The smallest absolute Gasteiger partial charge is 0.410 e. The van der Waals surface area contributed by atoms with Gasteiger partial charge < -0.3 is 14.4 Å². The first-order valence-electron chi connectivity index (χ1n) is 12.1. The standard InChI is InChI=1S/C28H28FN3O4S/c1-28(2,3)36-27(34)31-11-4-5-24-23(16-31)22-9-8-20(13-25(22)37-24)32-12-10-21(14-26(32)33)35-17-19-7-6-18(29)15-30-19/h6-10,12-15H,4-5,11,16-17H2,1-3H3. The molecule has 3 aromatic heterocycles. The number of hydrogen-bond donors (Lipinski definition) is 0. The number of hydrogen-bond acceptors (Lipinski definition) is 6. The summed E-state index contributed by atoms with van der Waals surface area (Å²) < 4.78 is 26.9. The van der Waals surface area contributed by atoms with Gasteiger partial charge in [-0.05, 0) is 74.9 Å². The zero-order valence-electron chi connectivity index (χ0n) is 21.0. The molecular formula is C28H28FN3O4S. The average molecular weight is 522 g/mol. The molecule has 4 heterocycles. The Morgan fingerprint density at radius 2 is 2.00 bits per heavy atom. The Morgan fingerprint density at radius 3 is 2.73 bits per heavy atom. The van der Waals surface area contributed by atoms with Crippen molar-refractivity contribution in [1.29, 1.82) is 0 Å².